The number of hydrogen-bond acceptors (Lipinski definition) is 3. The second-order valence-corrected chi connectivity index (χ2v) is 6.21. The number of pyridine rings is 1. The Morgan fingerprint density at radius 1 is 1.58 bits per heavy atom. The summed E-state index contributed by atoms with van der Waals surface area (Å²) in [6.45, 7) is 6.96. The van der Waals surface area contributed by atoms with Crippen molar-refractivity contribution in [2.24, 2.45) is 5.41 Å². The van der Waals surface area contributed by atoms with Crippen LogP contribution in [0.3, 0.4) is 0 Å². The van der Waals surface area contributed by atoms with Crippen molar-refractivity contribution in [3.05, 3.63) is 28.5 Å². The highest BCUT2D eigenvalue weighted by Gasteiger charge is 2.49. The van der Waals surface area contributed by atoms with Crippen LogP contribution in [-0.2, 0) is 4.74 Å². The van der Waals surface area contributed by atoms with Crippen LogP contribution in [0.2, 0.25) is 0 Å². The molecule has 1 aliphatic carbocycles. The SMILES string of the molecule is CCOC1CC(NC(=O)c2ccc(Br)nc2)C1(C)C. The number of rotatable bonds is 4. The summed E-state index contributed by atoms with van der Waals surface area (Å²) < 4.78 is 6.38. The van der Waals surface area contributed by atoms with Gasteiger partial charge in [-0.1, -0.05) is 13.8 Å². The lowest BCUT2D eigenvalue weighted by molar-refractivity contribution is -0.111. The summed E-state index contributed by atoms with van der Waals surface area (Å²) in [7, 11) is 0. The third-order valence-electron chi connectivity index (χ3n) is 3.84. The van der Waals surface area contributed by atoms with Gasteiger partial charge in [-0.3, -0.25) is 4.79 Å². The molecule has 2 unspecified atom stereocenters. The second kappa shape index (κ2) is 5.59. The Hall–Kier alpha value is -0.940. The molecule has 0 spiro atoms. The van der Waals surface area contributed by atoms with Gasteiger partial charge in [0.05, 0.1) is 11.7 Å². The van der Waals surface area contributed by atoms with Gasteiger partial charge in [0.25, 0.3) is 5.91 Å². The minimum absolute atomic E-state index is 0.0194. The van der Waals surface area contributed by atoms with E-state index >= 15 is 0 Å². The summed E-state index contributed by atoms with van der Waals surface area (Å²) in [6, 6.07) is 3.68. The second-order valence-electron chi connectivity index (χ2n) is 5.40. The molecule has 5 heteroatoms. The maximum absolute atomic E-state index is 12.1. The number of aromatic nitrogens is 1. The van der Waals surface area contributed by atoms with E-state index in [0.29, 0.717) is 12.2 Å². The normalized spacial score (nSPS) is 24.6. The first-order valence-corrected chi connectivity index (χ1v) is 7.28. The summed E-state index contributed by atoms with van der Waals surface area (Å²) in [6.07, 6.45) is 2.67. The van der Waals surface area contributed by atoms with Gasteiger partial charge in [0.15, 0.2) is 0 Å². The highest BCUT2D eigenvalue weighted by Crippen LogP contribution is 2.42. The van der Waals surface area contributed by atoms with Crippen LogP contribution in [0.1, 0.15) is 37.6 Å². The van der Waals surface area contributed by atoms with Gasteiger partial charge in [-0.2, -0.15) is 0 Å². The molecule has 1 aromatic heterocycles. The lowest BCUT2D eigenvalue weighted by Crippen LogP contribution is -2.62. The van der Waals surface area contributed by atoms with Crippen LogP contribution in [-0.4, -0.2) is 29.6 Å². The molecule has 104 valence electrons. The van der Waals surface area contributed by atoms with Crippen molar-refractivity contribution in [1.82, 2.24) is 10.3 Å². The van der Waals surface area contributed by atoms with Crippen molar-refractivity contribution in [2.45, 2.75) is 39.3 Å². The number of hydrogen-bond donors (Lipinski definition) is 1. The first-order valence-electron chi connectivity index (χ1n) is 6.49. The quantitative estimate of drug-likeness (QED) is 0.865. The molecule has 0 radical (unpaired) electrons. The zero-order chi connectivity index (χ0) is 14.0. The Morgan fingerprint density at radius 2 is 2.32 bits per heavy atom. The molecule has 2 rings (SSSR count). The lowest BCUT2D eigenvalue weighted by Gasteiger charge is -2.51. The smallest absolute Gasteiger partial charge is 0.253 e. The van der Waals surface area contributed by atoms with Gasteiger partial charge < -0.3 is 10.1 Å². The number of carbonyl (C=O) groups excluding carboxylic acids is 1. The fourth-order valence-electron chi connectivity index (χ4n) is 2.37. The zero-order valence-electron chi connectivity index (χ0n) is 11.4. The van der Waals surface area contributed by atoms with E-state index in [9.17, 15) is 4.79 Å². The van der Waals surface area contributed by atoms with E-state index < -0.39 is 0 Å². The van der Waals surface area contributed by atoms with Gasteiger partial charge in [-0.25, -0.2) is 4.98 Å². The van der Waals surface area contributed by atoms with Gasteiger partial charge in [0.1, 0.15) is 4.60 Å². The maximum Gasteiger partial charge on any atom is 0.253 e. The van der Waals surface area contributed by atoms with Gasteiger partial charge in [0, 0.05) is 24.3 Å². The van der Waals surface area contributed by atoms with Crippen LogP contribution in [0.15, 0.2) is 22.9 Å². The van der Waals surface area contributed by atoms with Crippen molar-refractivity contribution < 1.29 is 9.53 Å². The molecule has 4 nitrogen and oxygen atoms in total. The van der Waals surface area contributed by atoms with Crippen molar-refractivity contribution in [2.75, 3.05) is 6.61 Å². The lowest BCUT2D eigenvalue weighted by atomic mass is 9.64. The van der Waals surface area contributed by atoms with E-state index in [0.717, 1.165) is 11.0 Å². The van der Waals surface area contributed by atoms with E-state index in [1.165, 1.54) is 0 Å². The Morgan fingerprint density at radius 3 is 2.84 bits per heavy atom. The van der Waals surface area contributed by atoms with Gasteiger partial charge in [-0.15, -0.1) is 0 Å². The number of carbonyl (C=O) groups is 1. The number of nitrogens with one attached hydrogen (secondary N) is 1. The predicted molar refractivity (Wildman–Crippen MR) is 77.0 cm³/mol. The van der Waals surface area contributed by atoms with Crippen LogP contribution < -0.4 is 5.32 Å². The Labute approximate surface area is 122 Å². The average molecular weight is 327 g/mol. The number of halogens is 1. The molecule has 0 bridgehead atoms. The topological polar surface area (TPSA) is 51.2 Å². The van der Waals surface area contributed by atoms with Crippen molar-refractivity contribution in [3.8, 4) is 0 Å². The van der Waals surface area contributed by atoms with E-state index in [2.05, 4.69) is 40.1 Å². The molecule has 1 aliphatic rings. The molecule has 1 fully saturated rings. The van der Waals surface area contributed by atoms with E-state index in [4.69, 9.17) is 4.74 Å². The molecular weight excluding hydrogens is 308 g/mol. The molecule has 1 saturated carbocycles. The first-order chi connectivity index (χ1) is 8.95. The Balaban J connectivity index is 1.96. The van der Waals surface area contributed by atoms with Gasteiger partial charge in [-0.05, 0) is 41.4 Å². The maximum atomic E-state index is 12.1. The summed E-state index contributed by atoms with van der Waals surface area (Å²) in [5.41, 5.74) is 0.563. The summed E-state index contributed by atoms with van der Waals surface area (Å²) >= 11 is 3.25. The summed E-state index contributed by atoms with van der Waals surface area (Å²) in [4.78, 5) is 16.2. The van der Waals surface area contributed by atoms with Crippen LogP contribution in [0.5, 0.6) is 0 Å². The third-order valence-corrected chi connectivity index (χ3v) is 4.31. The standard InChI is InChI=1S/C14H19BrN2O2/c1-4-19-11-7-10(14(11,2)3)17-13(18)9-5-6-12(15)16-8-9/h5-6,8,10-11H,4,7H2,1-3H3,(H,17,18). The molecule has 1 heterocycles. The Kier molecular flexibility index (Phi) is 4.26. The molecule has 1 N–H and O–H groups in total. The summed E-state index contributed by atoms with van der Waals surface area (Å²) in [5, 5.41) is 3.06. The monoisotopic (exact) mass is 326 g/mol. The van der Waals surface area contributed by atoms with Crippen molar-refractivity contribution in [3.63, 3.8) is 0 Å². The largest absolute Gasteiger partial charge is 0.378 e. The van der Waals surface area contributed by atoms with Crippen LogP contribution in [0, 0.1) is 5.41 Å². The van der Waals surface area contributed by atoms with Crippen LogP contribution in [0.4, 0.5) is 0 Å². The first kappa shape index (κ1) is 14.5. The average Bonchev–Trinajstić information content (AvgIpc) is 2.38. The minimum atomic E-state index is -0.0759. The van der Waals surface area contributed by atoms with Gasteiger partial charge >= 0.3 is 0 Å². The molecule has 19 heavy (non-hydrogen) atoms. The molecule has 1 amide bonds. The van der Waals surface area contributed by atoms with E-state index in [1.54, 1.807) is 18.3 Å². The highest BCUT2D eigenvalue weighted by molar-refractivity contribution is 9.10. The van der Waals surface area contributed by atoms with Crippen molar-refractivity contribution >= 4 is 21.8 Å². The van der Waals surface area contributed by atoms with Crippen LogP contribution in [0.25, 0.3) is 0 Å². The van der Waals surface area contributed by atoms with E-state index in [1.807, 2.05) is 6.92 Å². The number of ether oxygens (including phenoxy) is 1. The fraction of sp³-hybridized carbons (Fsp3) is 0.571. The van der Waals surface area contributed by atoms with E-state index in [-0.39, 0.29) is 23.5 Å². The number of nitrogens with zero attached hydrogens (tertiary/aromatic N) is 1. The third kappa shape index (κ3) is 2.98. The predicted octanol–water partition coefficient (Wildman–Crippen LogP) is 2.78. The molecule has 0 aliphatic heterocycles. The molecule has 0 saturated heterocycles. The fourth-order valence-corrected chi connectivity index (χ4v) is 2.60. The molecule has 0 aromatic carbocycles. The van der Waals surface area contributed by atoms with Crippen LogP contribution >= 0.6 is 15.9 Å². The van der Waals surface area contributed by atoms with Crippen molar-refractivity contribution in [1.29, 1.82) is 0 Å². The molecule has 2 atom stereocenters. The van der Waals surface area contributed by atoms with Gasteiger partial charge in [0.2, 0.25) is 0 Å². The molecular formula is C14H19BrN2O2. The molecule has 1 aromatic rings. The highest BCUT2D eigenvalue weighted by atomic mass is 79.9. The number of amides is 1. The Bertz CT molecular complexity index is 459. The summed E-state index contributed by atoms with van der Waals surface area (Å²) in [5.74, 6) is -0.0759. The minimum Gasteiger partial charge on any atom is -0.378 e. The zero-order valence-corrected chi connectivity index (χ0v) is 13.0.